The third kappa shape index (κ3) is 5.03. The van der Waals surface area contributed by atoms with E-state index in [1.807, 2.05) is 13.0 Å². The Kier molecular flexibility index (Phi) is 6.03. The van der Waals surface area contributed by atoms with E-state index in [1.54, 1.807) is 12.3 Å². The molecule has 0 saturated heterocycles. The summed E-state index contributed by atoms with van der Waals surface area (Å²) in [4.78, 5) is 16.2. The summed E-state index contributed by atoms with van der Waals surface area (Å²) in [5.41, 5.74) is 1.43. The zero-order valence-corrected chi connectivity index (χ0v) is 13.2. The van der Waals surface area contributed by atoms with E-state index in [1.165, 1.54) is 25.7 Å². The fraction of sp³-hybridized carbons (Fsp3) is 0.647. The van der Waals surface area contributed by atoms with E-state index in [2.05, 4.69) is 22.5 Å². The van der Waals surface area contributed by atoms with E-state index >= 15 is 0 Å². The minimum atomic E-state index is -0.0704. The number of hydrogen-bond donors (Lipinski definition) is 2. The number of carbonyl (C=O) groups excluding carboxylic acids is 1. The van der Waals surface area contributed by atoms with Crippen molar-refractivity contribution in [1.82, 2.24) is 10.3 Å². The van der Waals surface area contributed by atoms with E-state index in [0.29, 0.717) is 5.69 Å². The van der Waals surface area contributed by atoms with Crippen LogP contribution in [0.15, 0.2) is 18.3 Å². The number of pyridine rings is 1. The second-order valence-electron chi connectivity index (χ2n) is 6.13. The van der Waals surface area contributed by atoms with Gasteiger partial charge in [-0.15, -0.1) is 0 Å². The van der Waals surface area contributed by atoms with Gasteiger partial charge in [-0.25, -0.2) is 0 Å². The molecule has 21 heavy (non-hydrogen) atoms. The van der Waals surface area contributed by atoms with Gasteiger partial charge in [-0.2, -0.15) is 0 Å². The Balaban J connectivity index is 1.75. The van der Waals surface area contributed by atoms with Gasteiger partial charge < -0.3 is 10.6 Å². The third-order valence-electron chi connectivity index (χ3n) is 4.35. The van der Waals surface area contributed by atoms with Crippen molar-refractivity contribution in [3.63, 3.8) is 0 Å². The van der Waals surface area contributed by atoms with Gasteiger partial charge in [0, 0.05) is 25.0 Å². The van der Waals surface area contributed by atoms with Crippen molar-refractivity contribution >= 4 is 11.6 Å². The van der Waals surface area contributed by atoms with Crippen molar-refractivity contribution in [2.24, 2.45) is 11.8 Å². The normalized spacial score (nSPS) is 21.8. The summed E-state index contributed by atoms with van der Waals surface area (Å²) in [6, 6.07) is 3.69. The van der Waals surface area contributed by atoms with Gasteiger partial charge >= 0.3 is 0 Å². The molecular weight excluding hydrogens is 262 g/mol. The molecule has 1 aromatic rings. The molecule has 0 aliphatic heterocycles. The van der Waals surface area contributed by atoms with Crippen LogP contribution in [0, 0.1) is 11.8 Å². The highest BCUT2D eigenvalue weighted by atomic mass is 16.1. The molecule has 1 amide bonds. The zero-order chi connectivity index (χ0) is 15.1. The molecule has 0 aromatic carbocycles. The second-order valence-corrected chi connectivity index (χ2v) is 6.13. The van der Waals surface area contributed by atoms with Gasteiger partial charge in [-0.3, -0.25) is 9.78 Å². The fourth-order valence-electron chi connectivity index (χ4n) is 2.97. The lowest BCUT2D eigenvalue weighted by molar-refractivity contribution is 0.0945. The molecule has 2 rings (SSSR count). The van der Waals surface area contributed by atoms with Crippen molar-refractivity contribution in [3.05, 3.63) is 24.0 Å². The van der Waals surface area contributed by atoms with Gasteiger partial charge in [0.05, 0.1) is 0 Å². The first-order valence-electron chi connectivity index (χ1n) is 8.17. The van der Waals surface area contributed by atoms with Crippen LogP contribution >= 0.6 is 0 Å². The van der Waals surface area contributed by atoms with Crippen molar-refractivity contribution in [2.45, 2.75) is 46.0 Å². The van der Waals surface area contributed by atoms with Crippen LogP contribution in [0.3, 0.4) is 0 Å². The highest BCUT2D eigenvalue weighted by Gasteiger charge is 2.18. The number of amides is 1. The molecule has 0 bridgehead atoms. The Bertz CT molecular complexity index is 453. The van der Waals surface area contributed by atoms with Crippen molar-refractivity contribution in [3.8, 4) is 0 Å². The van der Waals surface area contributed by atoms with Crippen LogP contribution in [0.1, 0.15) is 56.4 Å². The van der Waals surface area contributed by atoms with E-state index in [9.17, 15) is 4.79 Å². The third-order valence-corrected chi connectivity index (χ3v) is 4.35. The summed E-state index contributed by atoms with van der Waals surface area (Å²) in [6.07, 6.45) is 8.06. The molecule has 1 aliphatic carbocycles. The summed E-state index contributed by atoms with van der Waals surface area (Å²) in [7, 11) is 0. The number of nitrogens with zero attached hydrogens (tertiary/aromatic N) is 1. The number of carbonyl (C=O) groups is 1. The quantitative estimate of drug-likeness (QED) is 0.843. The second kappa shape index (κ2) is 8.01. The van der Waals surface area contributed by atoms with Crippen LogP contribution in [-0.4, -0.2) is 24.0 Å². The highest BCUT2D eigenvalue weighted by molar-refractivity contribution is 5.93. The predicted octanol–water partition coefficient (Wildman–Crippen LogP) is 3.46. The van der Waals surface area contributed by atoms with Crippen LogP contribution in [0.25, 0.3) is 0 Å². The average molecular weight is 289 g/mol. The molecule has 1 heterocycles. The molecule has 1 saturated carbocycles. The lowest BCUT2D eigenvalue weighted by Crippen LogP contribution is -2.27. The van der Waals surface area contributed by atoms with Crippen LogP contribution in [0.2, 0.25) is 0 Å². The van der Waals surface area contributed by atoms with Crippen LogP contribution in [-0.2, 0) is 0 Å². The Morgan fingerprint density at radius 1 is 1.33 bits per heavy atom. The lowest BCUT2D eigenvalue weighted by Gasteiger charge is -2.26. The monoisotopic (exact) mass is 289 g/mol. The zero-order valence-electron chi connectivity index (χ0n) is 13.2. The van der Waals surface area contributed by atoms with E-state index in [0.717, 1.165) is 37.0 Å². The summed E-state index contributed by atoms with van der Waals surface area (Å²) >= 11 is 0. The maximum absolute atomic E-state index is 12.1. The van der Waals surface area contributed by atoms with Gasteiger partial charge in [0.25, 0.3) is 5.91 Å². The Hall–Kier alpha value is -1.58. The predicted molar refractivity (Wildman–Crippen MR) is 86.5 cm³/mol. The molecule has 0 radical (unpaired) electrons. The van der Waals surface area contributed by atoms with Gasteiger partial charge in [0.15, 0.2) is 0 Å². The highest BCUT2D eigenvalue weighted by Crippen LogP contribution is 2.29. The summed E-state index contributed by atoms with van der Waals surface area (Å²) in [5, 5.41) is 6.19. The number of rotatable bonds is 6. The molecule has 116 valence electrons. The molecule has 0 spiro atoms. The fourth-order valence-corrected chi connectivity index (χ4v) is 2.97. The summed E-state index contributed by atoms with van der Waals surface area (Å²) in [5.74, 6) is 1.59. The Labute approximate surface area is 127 Å². The van der Waals surface area contributed by atoms with Crippen LogP contribution in [0.4, 0.5) is 5.69 Å². The lowest BCUT2D eigenvalue weighted by atomic mass is 9.81. The Morgan fingerprint density at radius 3 is 2.81 bits per heavy atom. The molecule has 4 heteroatoms. The molecule has 0 unspecified atom stereocenters. The largest absolute Gasteiger partial charge is 0.385 e. The number of nitrogens with one attached hydrogen (secondary N) is 2. The van der Waals surface area contributed by atoms with Crippen molar-refractivity contribution in [2.75, 3.05) is 18.4 Å². The molecule has 1 fully saturated rings. The maximum atomic E-state index is 12.1. The molecular formula is C17H27N3O. The SMILES string of the molecule is CCNc1ccnc(C(=O)NCCC2CCC(C)CC2)c1. The van der Waals surface area contributed by atoms with Gasteiger partial charge in [-0.05, 0) is 37.3 Å². The van der Waals surface area contributed by atoms with Gasteiger partial charge in [-0.1, -0.05) is 32.6 Å². The minimum absolute atomic E-state index is 0.0704. The number of anilines is 1. The van der Waals surface area contributed by atoms with E-state index in [4.69, 9.17) is 0 Å². The van der Waals surface area contributed by atoms with Crippen LogP contribution < -0.4 is 10.6 Å². The minimum Gasteiger partial charge on any atom is -0.385 e. The topological polar surface area (TPSA) is 54.0 Å². The maximum Gasteiger partial charge on any atom is 0.269 e. The number of aromatic nitrogens is 1. The van der Waals surface area contributed by atoms with E-state index in [-0.39, 0.29) is 5.91 Å². The average Bonchev–Trinajstić information content (AvgIpc) is 2.50. The first kappa shape index (κ1) is 15.8. The van der Waals surface area contributed by atoms with Gasteiger partial charge in [0.2, 0.25) is 0 Å². The number of hydrogen-bond acceptors (Lipinski definition) is 3. The first-order chi connectivity index (χ1) is 10.2. The summed E-state index contributed by atoms with van der Waals surface area (Å²) in [6.45, 7) is 5.96. The summed E-state index contributed by atoms with van der Waals surface area (Å²) < 4.78 is 0. The standard InChI is InChI=1S/C17H27N3O/c1-3-18-15-9-11-19-16(12-15)17(21)20-10-8-14-6-4-13(2)5-7-14/h9,11-14H,3-8,10H2,1-2H3,(H,18,19)(H,20,21). The molecule has 2 N–H and O–H groups in total. The molecule has 4 nitrogen and oxygen atoms in total. The Morgan fingerprint density at radius 2 is 2.10 bits per heavy atom. The first-order valence-corrected chi connectivity index (χ1v) is 8.17. The van der Waals surface area contributed by atoms with Crippen molar-refractivity contribution < 1.29 is 4.79 Å². The smallest absolute Gasteiger partial charge is 0.269 e. The van der Waals surface area contributed by atoms with E-state index < -0.39 is 0 Å². The molecule has 0 atom stereocenters. The van der Waals surface area contributed by atoms with Crippen LogP contribution in [0.5, 0.6) is 0 Å². The van der Waals surface area contributed by atoms with Gasteiger partial charge in [0.1, 0.15) is 5.69 Å². The van der Waals surface area contributed by atoms with Crippen molar-refractivity contribution in [1.29, 1.82) is 0 Å². The molecule has 1 aliphatic rings. The molecule has 1 aromatic heterocycles.